The van der Waals surface area contributed by atoms with Crippen LogP contribution in [0.3, 0.4) is 0 Å². The first-order valence-electron chi connectivity index (χ1n) is 5.74. The molecular weight excluding hydrogens is 222 g/mol. The van der Waals surface area contributed by atoms with Crippen LogP contribution in [0.15, 0.2) is 0 Å². The molecule has 0 aliphatic carbocycles. The first-order chi connectivity index (χ1) is 7.51. The first kappa shape index (κ1) is 13.2. The Labute approximate surface area is 103 Å². The van der Waals surface area contributed by atoms with Crippen LogP contribution in [0.2, 0.25) is 5.15 Å². The monoisotopic (exact) mass is 241 g/mol. The van der Waals surface area contributed by atoms with Crippen molar-refractivity contribution in [2.75, 3.05) is 11.9 Å². The summed E-state index contributed by atoms with van der Waals surface area (Å²) in [7, 11) is 2.07. The standard InChI is InChI=1S/C12H20ClN3/c1-6-10(7-2)16(5)12-8(3)11(13)14-9(4)15-12/h10H,6-7H2,1-5H3. The van der Waals surface area contributed by atoms with Crippen LogP contribution >= 0.6 is 11.6 Å². The molecule has 3 nitrogen and oxygen atoms in total. The summed E-state index contributed by atoms with van der Waals surface area (Å²) in [6.07, 6.45) is 2.21. The molecule has 0 atom stereocenters. The van der Waals surface area contributed by atoms with Crippen LogP contribution in [0.5, 0.6) is 0 Å². The molecule has 1 heterocycles. The SMILES string of the molecule is CCC(CC)N(C)c1nc(C)nc(Cl)c1C. The van der Waals surface area contributed by atoms with Gasteiger partial charge in [0.25, 0.3) is 0 Å². The van der Waals surface area contributed by atoms with Crippen molar-refractivity contribution in [2.24, 2.45) is 0 Å². The normalized spacial score (nSPS) is 10.9. The van der Waals surface area contributed by atoms with E-state index < -0.39 is 0 Å². The second kappa shape index (κ2) is 5.48. The van der Waals surface area contributed by atoms with E-state index in [9.17, 15) is 0 Å². The Hall–Kier alpha value is -0.830. The molecule has 0 unspecified atom stereocenters. The van der Waals surface area contributed by atoms with Gasteiger partial charge >= 0.3 is 0 Å². The molecule has 0 bridgehead atoms. The molecule has 0 radical (unpaired) electrons. The number of hydrogen-bond donors (Lipinski definition) is 0. The van der Waals surface area contributed by atoms with E-state index in [0.717, 1.165) is 30.0 Å². The topological polar surface area (TPSA) is 29.0 Å². The third kappa shape index (κ3) is 2.64. The molecular formula is C12H20ClN3. The fraction of sp³-hybridized carbons (Fsp3) is 0.667. The highest BCUT2D eigenvalue weighted by molar-refractivity contribution is 6.30. The summed E-state index contributed by atoms with van der Waals surface area (Å²) in [4.78, 5) is 10.8. The largest absolute Gasteiger partial charge is 0.356 e. The van der Waals surface area contributed by atoms with Crippen molar-refractivity contribution in [3.8, 4) is 0 Å². The van der Waals surface area contributed by atoms with Gasteiger partial charge in [0, 0.05) is 18.7 Å². The highest BCUT2D eigenvalue weighted by Gasteiger charge is 2.17. The predicted octanol–water partition coefficient (Wildman–Crippen LogP) is 3.37. The lowest BCUT2D eigenvalue weighted by molar-refractivity contribution is 0.584. The smallest absolute Gasteiger partial charge is 0.137 e. The fourth-order valence-corrected chi connectivity index (χ4v) is 2.14. The van der Waals surface area contributed by atoms with Crippen LogP contribution in [0, 0.1) is 13.8 Å². The third-order valence-corrected chi connectivity index (χ3v) is 3.36. The minimum atomic E-state index is 0.504. The molecule has 1 aromatic heterocycles. The number of rotatable bonds is 4. The zero-order valence-corrected chi connectivity index (χ0v) is 11.5. The van der Waals surface area contributed by atoms with E-state index in [1.54, 1.807) is 0 Å². The predicted molar refractivity (Wildman–Crippen MR) is 69.3 cm³/mol. The molecule has 1 aromatic rings. The summed E-state index contributed by atoms with van der Waals surface area (Å²) in [6.45, 7) is 8.22. The van der Waals surface area contributed by atoms with Gasteiger partial charge in [-0.2, -0.15) is 0 Å². The lowest BCUT2D eigenvalue weighted by Crippen LogP contribution is -2.32. The quantitative estimate of drug-likeness (QED) is 0.757. The average molecular weight is 242 g/mol. The maximum Gasteiger partial charge on any atom is 0.137 e. The summed E-state index contributed by atoms with van der Waals surface area (Å²) >= 11 is 6.08. The zero-order chi connectivity index (χ0) is 12.3. The van der Waals surface area contributed by atoms with Gasteiger partial charge in [0.1, 0.15) is 16.8 Å². The van der Waals surface area contributed by atoms with Gasteiger partial charge in [-0.3, -0.25) is 0 Å². The van der Waals surface area contributed by atoms with Crippen molar-refractivity contribution >= 4 is 17.4 Å². The molecule has 16 heavy (non-hydrogen) atoms. The third-order valence-electron chi connectivity index (χ3n) is 3.00. The van der Waals surface area contributed by atoms with Gasteiger partial charge in [0.15, 0.2) is 0 Å². The molecule has 90 valence electrons. The zero-order valence-electron chi connectivity index (χ0n) is 10.7. The van der Waals surface area contributed by atoms with Crippen LogP contribution < -0.4 is 4.90 Å². The summed E-state index contributed by atoms with van der Waals surface area (Å²) in [5.41, 5.74) is 0.960. The van der Waals surface area contributed by atoms with E-state index in [1.165, 1.54) is 0 Å². The number of aromatic nitrogens is 2. The molecule has 0 amide bonds. The van der Waals surface area contributed by atoms with E-state index >= 15 is 0 Å². The van der Waals surface area contributed by atoms with Crippen molar-refractivity contribution < 1.29 is 0 Å². The summed E-state index contributed by atoms with van der Waals surface area (Å²) in [5, 5.41) is 0.556. The van der Waals surface area contributed by atoms with Gasteiger partial charge in [-0.15, -0.1) is 0 Å². The second-order valence-electron chi connectivity index (χ2n) is 4.09. The van der Waals surface area contributed by atoms with Crippen molar-refractivity contribution in [3.63, 3.8) is 0 Å². The highest BCUT2D eigenvalue weighted by atomic mass is 35.5. The Kier molecular flexibility index (Phi) is 4.54. The lowest BCUT2D eigenvalue weighted by atomic mass is 10.1. The van der Waals surface area contributed by atoms with Gasteiger partial charge in [0.05, 0.1) is 0 Å². The highest BCUT2D eigenvalue weighted by Crippen LogP contribution is 2.25. The van der Waals surface area contributed by atoms with Gasteiger partial charge in [0.2, 0.25) is 0 Å². The Morgan fingerprint density at radius 1 is 1.19 bits per heavy atom. The van der Waals surface area contributed by atoms with E-state index in [0.29, 0.717) is 11.2 Å². The molecule has 0 aromatic carbocycles. The van der Waals surface area contributed by atoms with E-state index in [1.807, 2.05) is 13.8 Å². The fourth-order valence-electron chi connectivity index (χ4n) is 1.93. The van der Waals surface area contributed by atoms with Gasteiger partial charge < -0.3 is 4.90 Å². The van der Waals surface area contributed by atoms with E-state index in [-0.39, 0.29) is 0 Å². The number of halogens is 1. The summed E-state index contributed by atoms with van der Waals surface area (Å²) in [5.74, 6) is 1.68. The van der Waals surface area contributed by atoms with Crippen molar-refractivity contribution in [2.45, 2.75) is 46.6 Å². The Morgan fingerprint density at radius 2 is 1.75 bits per heavy atom. The Morgan fingerprint density at radius 3 is 2.25 bits per heavy atom. The minimum Gasteiger partial charge on any atom is -0.356 e. The molecule has 0 aliphatic rings. The van der Waals surface area contributed by atoms with Gasteiger partial charge in [-0.1, -0.05) is 25.4 Å². The lowest BCUT2D eigenvalue weighted by Gasteiger charge is -2.28. The Balaban J connectivity index is 3.11. The van der Waals surface area contributed by atoms with Crippen LogP contribution in [0.1, 0.15) is 38.1 Å². The van der Waals surface area contributed by atoms with E-state index in [4.69, 9.17) is 11.6 Å². The minimum absolute atomic E-state index is 0.504. The van der Waals surface area contributed by atoms with Crippen molar-refractivity contribution in [1.29, 1.82) is 0 Å². The van der Waals surface area contributed by atoms with Gasteiger partial charge in [-0.05, 0) is 26.7 Å². The van der Waals surface area contributed by atoms with Crippen molar-refractivity contribution in [1.82, 2.24) is 9.97 Å². The maximum atomic E-state index is 6.08. The second-order valence-corrected chi connectivity index (χ2v) is 4.45. The molecule has 4 heteroatoms. The average Bonchev–Trinajstić information content (AvgIpc) is 2.24. The van der Waals surface area contributed by atoms with Crippen LogP contribution in [-0.4, -0.2) is 23.1 Å². The van der Waals surface area contributed by atoms with Crippen LogP contribution in [0.25, 0.3) is 0 Å². The summed E-state index contributed by atoms with van der Waals surface area (Å²) in [6, 6.07) is 0.504. The molecule has 0 N–H and O–H groups in total. The number of nitrogens with zero attached hydrogens (tertiary/aromatic N) is 3. The number of anilines is 1. The van der Waals surface area contributed by atoms with Crippen LogP contribution in [-0.2, 0) is 0 Å². The van der Waals surface area contributed by atoms with Gasteiger partial charge in [-0.25, -0.2) is 9.97 Å². The molecule has 0 fully saturated rings. The number of hydrogen-bond acceptors (Lipinski definition) is 3. The first-order valence-corrected chi connectivity index (χ1v) is 6.12. The molecule has 0 saturated carbocycles. The molecule has 0 spiro atoms. The van der Waals surface area contributed by atoms with E-state index in [2.05, 4.69) is 35.8 Å². The summed E-state index contributed by atoms with van der Waals surface area (Å²) < 4.78 is 0. The van der Waals surface area contributed by atoms with Crippen LogP contribution in [0.4, 0.5) is 5.82 Å². The number of aryl methyl sites for hydroxylation is 1. The molecule has 0 saturated heterocycles. The molecule has 1 rings (SSSR count). The molecule has 0 aliphatic heterocycles. The van der Waals surface area contributed by atoms with Crippen molar-refractivity contribution in [3.05, 3.63) is 16.5 Å². The maximum absolute atomic E-state index is 6.08. The Bertz CT molecular complexity index is 362.